The highest BCUT2D eigenvalue weighted by Gasteiger charge is 2.28. The van der Waals surface area contributed by atoms with Gasteiger partial charge in [0.25, 0.3) is 0 Å². The minimum atomic E-state index is 0. The standard InChI is InChI=1S/C13H19NO.ClH/c14-13-7-6-11(8-12(13)9-15)10-4-2-1-3-5-10;/h1-5,11-13,15H,6-9,14H2;1H/t11-,12-,13-;/m0./s1. The van der Waals surface area contributed by atoms with Crippen LogP contribution in [0.2, 0.25) is 0 Å². The van der Waals surface area contributed by atoms with Gasteiger partial charge in [0.1, 0.15) is 0 Å². The van der Waals surface area contributed by atoms with E-state index in [1.807, 2.05) is 6.07 Å². The van der Waals surface area contributed by atoms with Crippen molar-refractivity contribution in [1.29, 1.82) is 0 Å². The first-order valence-corrected chi connectivity index (χ1v) is 5.72. The lowest BCUT2D eigenvalue weighted by atomic mass is 9.76. The minimum Gasteiger partial charge on any atom is -0.396 e. The summed E-state index contributed by atoms with van der Waals surface area (Å²) in [5, 5.41) is 9.25. The number of benzene rings is 1. The van der Waals surface area contributed by atoms with Crippen LogP contribution in [0.4, 0.5) is 0 Å². The van der Waals surface area contributed by atoms with Crippen LogP contribution >= 0.6 is 12.4 Å². The van der Waals surface area contributed by atoms with Crippen LogP contribution < -0.4 is 5.73 Å². The first kappa shape index (κ1) is 13.5. The number of hydrogen-bond donors (Lipinski definition) is 2. The molecule has 0 heterocycles. The Labute approximate surface area is 103 Å². The largest absolute Gasteiger partial charge is 0.396 e. The van der Waals surface area contributed by atoms with E-state index in [1.54, 1.807) is 0 Å². The molecule has 0 aromatic heterocycles. The number of rotatable bonds is 2. The van der Waals surface area contributed by atoms with E-state index in [1.165, 1.54) is 5.56 Å². The Balaban J connectivity index is 0.00000128. The fraction of sp³-hybridized carbons (Fsp3) is 0.538. The Hall–Kier alpha value is -0.570. The zero-order valence-electron chi connectivity index (χ0n) is 9.38. The van der Waals surface area contributed by atoms with Crippen LogP contribution in [0.1, 0.15) is 30.7 Å². The monoisotopic (exact) mass is 241 g/mol. The highest BCUT2D eigenvalue weighted by atomic mass is 35.5. The van der Waals surface area contributed by atoms with E-state index in [2.05, 4.69) is 24.3 Å². The van der Waals surface area contributed by atoms with Crippen LogP contribution in [0.5, 0.6) is 0 Å². The summed E-state index contributed by atoms with van der Waals surface area (Å²) in [6.07, 6.45) is 3.22. The fourth-order valence-electron chi connectivity index (χ4n) is 2.53. The lowest BCUT2D eigenvalue weighted by molar-refractivity contribution is 0.160. The third-order valence-corrected chi connectivity index (χ3v) is 3.55. The van der Waals surface area contributed by atoms with Crippen molar-refractivity contribution >= 4 is 12.4 Å². The molecule has 0 amide bonds. The van der Waals surface area contributed by atoms with Gasteiger partial charge in [0.2, 0.25) is 0 Å². The maximum Gasteiger partial charge on any atom is 0.0474 e. The molecular weight excluding hydrogens is 222 g/mol. The van der Waals surface area contributed by atoms with E-state index in [4.69, 9.17) is 5.73 Å². The average Bonchev–Trinajstić information content (AvgIpc) is 2.31. The Bertz CT molecular complexity index is 304. The van der Waals surface area contributed by atoms with Gasteiger partial charge >= 0.3 is 0 Å². The van der Waals surface area contributed by atoms with E-state index in [9.17, 15) is 5.11 Å². The molecule has 90 valence electrons. The Kier molecular flexibility index (Phi) is 5.26. The summed E-state index contributed by atoms with van der Waals surface area (Å²) in [6, 6.07) is 10.7. The topological polar surface area (TPSA) is 46.2 Å². The number of aliphatic hydroxyl groups excluding tert-OH is 1. The summed E-state index contributed by atoms with van der Waals surface area (Å²) < 4.78 is 0. The zero-order valence-corrected chi connectivity index (χ0v) is 10.2. The number of aliphatic hydroxyl groups is 1. The number of halogens is 1. The van der Waals surface area contributed by atoms with Gasteiger partial charge in [-0.15, -0.1) is 12.4 Å². The fourth-order valence-corrected chi connectivity index (χ4v) is 2.53. The van der Waals surface area contributed by atoms with E-state index < -0.39 is 0 Å². The Morgan fingerprint density at radius 3 is 2.50 bits per heavy atom. The van der Waals surface area contributed by atoms with E-state index in [0.717, 1.165) is 19.3 Å². The van der Waals surface area contributed by atoms with Crippen molar-refractivity contribution in [3.63, 3.8) is 0 Å². The van der Waals surface area contributed by atoms with Crippen molar-refractivity contribution in [2.75, 3.05) is 6.61 Å². The van der Waals surface area contributed by atoms with Crippen molar-refractivity contribution in [1.82, 2.24) is 0 Å². The van der Waals surface area contributed by atoms with Gasteiger partial charge < -0.3 is 10.8 Å². The molecule has 16 heavy (non-hydrogen) atoms. The first-order valence-electron chi connectivity index (χ1n) is 5.72. The molecule has 1 aromatic rings. The van der Waals surface area contributed by atoms with Gasteiger partial charge in [0.15, 0.2) is 0 Å². The van der Waals surface area contributed by atoms with Crippen LogP contribution in [0, 0.1) is 5.92 Å². The van der Waals surface area contributed by atoms with Gasteiger partial charge in [-0.3, -0.25) is 0 Å². The van der Waals surface area contributed by atoms with E-state index in [-0.39, 0.29) is 31.0 Å². The summed E-state index contributed by atoms with van der Waals surface area (Å²) in [5.41, 5.74) is 7.36. The highest BCUT2D eigenvalue weighted by Crippen LogP contribution is 2.35. The second kappa shape index (κ2) is 6.24. The minimum absolute atomic E-state index is 0. The molecule has 0 spiro atoms. The number of nitrogens with two attached hydrogens (primary N) is 1. The lowest BCUT2D eigenvalue weighted by Crippen LogP contribution is -2.37. The second-order valence-corrected chi connectivity index (χ2v) is 4.53. The Morgan fingerprint density at radius 1 is 1.19 bits per heavy atom. The van der Waals surface area contributed by atoms with Crippen LogP contribution in [-0.2, 0) is 0 Å². The summed E-state index contributed by atoms with van der Waals surface area (Å²) in [7, 11) is 0. The molecule has 1 saturated carbocycles. The smallest absolute Gasteiger partial charge is 0.0474 e. The van der Waals surface area contributed by atoms with Crippen molar-refractivity contribution in [2.24, 2.45) is 11.7 Å². The van der Waals surface area contributed by atoms with Crippen LogP contribution in [0.25, 0.3) is 0 Å². The van der Waals surface area contributed by atoms with Crippen molar-refractivity contribution in [3.8, 4) is 0 Å². The quantitative estimate of drug-likeness (QED) is 0.835. The predicted molar refractivity (Wildman–Crippen MR) is 68.8 cm³/mol. The van der Waals surface area contributed by atoms with E-state index in [0.29, 0.717) is 5.92 Å². The van der Waals surface area contributed by atoms with Gasteiger partial charge in [0, 0.05) is 12.6 Å². The van der Waals surface area contributed by atoms with Crippen molar-refractivity contribution in [3.05, 3.63) is 35.9 Å². The summed E-state index contributed by atoms with van der Waals surface area (Å²) >= 11 is 0. The summed E-state index contributed by atoms with van der Waals surface area (Å²) in [5.74, 6) is 0.868. The van der Waals surface area contributed by atoms with Crippen molar-refractivity contribution < 1.29 is 5.11 Å². The van der Waals surface area contributed by atoms with E-state index >= 15 is 0 Å². The molecule has 2 nitrogen and oxygen atoms in total. The molecule has 1 aliphatic rings. The lowest BCUT2D eigenvalue weighted by Gasteiger charge is -2.33. The van der Waals surface area contributed by atoms with Gasteiger partial charge in [0.05, 0.1) is 0 Å². The van der Waals surface area contributed by atoms with Gasteiger partial charge in [-0.2, -0.15) is 0 Å². The molecule has 1 aromatic carbocycles. The maximum absolute atomic E-state index is 9.25. The third kappa shape index (κ3) is 2.97. The molecular formula is C13H20ClNO. The second-order valence-electron chi connectivity index (χ2n) is 4.53. The Morgan fingerprint density at radius 2 is 1.88 bits per heavy atom. The molecule has 1 fully saturated rings. The third-order valence-electron chi connectivity index (χ3n) is 3.55. The van der Waals surface area contributed by atoms with Crippen molar-refractivity contribution in [2.45, 2.75) is 31.2 Å². The molecule has 0 radical (unpaired) electrons. The summed E-state index contributed by atoms with van der Waals surface area (Å²) in [4.78, 5) is 0. The molecule has 3 N–H and O–H groups in total. The molecule has 3 atom stereocenters. The molecule has 2 rings (SSSR count). The zero-order chi connectivity index (χ0) is 10.7. The summed E-state index contributed by atoms with van der Waals surface area (Å²) in [6.45, 7) is 0.227. The van der Waals surface area contributed by atoms with Gasteiger partial charge in [-0.05, 0) is 36.7 Å². The molecule has 0 aliphatic heterocycles. The van der Waals surface area contributed by atoms with Crippen LogP contribution in [0.3, 0.4) is 0 Å². The van der Waals surface area contributed by atoms with Gasteiger partial charge in [-0.25, -0.2) is 0 Å². The molecule has 0 unspecified atom stereocenters. The van der Waals surface area contributed by atoms with Crippen LogP contribution in [0.15, 0.2) is 30.3 Å². The molecule has 0 saturated heterocycles. The van der Waals surface area contributed by atoms with Crippen LogP contribution in [-0.4, -0.2) is 17.8 Å². The SMILES string of the molecule is Cl.N[C@H]1CC[C@H](c2ccccc2)C[C@H]1CO. The maximum atomic E-state index is 9.25. The highest BCUT2D eigenvalue weighted by molar-refractivity contribution is 5.85. The average molecular weight is 242 g/mol. The molecule has 0 bridgehead atoms. The predicted octanol–water partition coefficient (Wildman–Crippen LogP) is 2.31. The molecule has 3 heteroatoms. The van der Waals surface area contributed by atoms with Gasteiger partial charge in [-0.1, -0.05) is 30.3 Å². The molecule has 1 aliphatic carbocycles. The normalized spacial score (nSPS) is 29.5. The number of hydrogen-bond acceptors (Lipinski definition) is 2. The first-order chi connectivity index (χ1) is 7.31.